The summed E-state index contributed by atoms with van der Waals surface area (Å²) in [5.41, 5.74) is 2.27. The summed E-state index contributed by atoms with van der Waals surface area (Å²) in [6, 6.07) is 6.13. The fourth-order valence-electron chi connectivity index (χ4n) is 2.45. The van der Waals surface area contributed by atoms with E-state index in [2.05, 4.69) is 11.4 Å². The lowest BCUT2D eigenvalue weighted by Gasteiger charge is -2.21. The molecule has 0 atom stereocenters. The Morgan fingerprint density at radius 3 is 2.67 bits per heavy atom. The SMILES string of the molecule is COc1ccc(NCC2CCC(=O)CC2)cc1C. The van der Waals surface area contributed by atoms with Crippen LogP contribution in [0.4, 0.5) is 5.69 Å². The summed E-state index contributed by atoms with van der Waals surface area (Å²) in [4.78, 5) is 11.2. The Bertz CT molecular complexity index is 419. The molecule has 0 spiro atoms. The fraction of sp³-hybridized carbons (Fsp3) is 0.533. The zero-order valence-electron chi connectivity index (χ0n) is 11.2. The van der Waals surface area contributed by atoms with Crippen molar-refractivity contribution in [3.8, 4) is 5.75 Å². The highest BCUT2D eigenvalue weighted by Gasteiger charge is 2.18. The molecule has 1 aliphatic rings. The Hall–Kier alpha value is -1.51. The standard InChI is InChI=1S/C15H21NO2/c1-11-9-13(5-8-15(11)18-2)16-10-12-3-6-14(17)7-4-12/h5,8-9,12,16H,3-4,6-7,10H2,1-2H3. The van der Waals surface area contributed by atoms with Crippen molar-refractivity contribution < 1.29 is 9.53 Å². The molecule has 3 nitrogen and oxygen atoms in total. The second kappa shape index (κ2) is 5.89. The zero-order valence-corrected chi connectivity index (χ0v) is 11.2. The number of methoxy groups -OCH3 is 1. The molecule has 0 bridgehead atoms. The normalized spacial score (nSPS) is 16.7. The van der Waals surface area contributed by atoms with E-state index in [0.29, 0.717) is 11.7 Å². The number of benzene rings is 1. The van der Waals surface area contributed by atoms with Gasteiger partial charge in [0, 0.05) is 25.1 Å². The summed E-state index contributed by atoms with van der Waals surface area (Å²) in [6.45, 7) is 3.00. The predicted octanol–water partition coefficient (Wildman–Crippen LogP) is 3.17. The van der Waals surface area contributed by atoms with Gasteiger partial charge in [0.25, 0.3) is 0 Å². The number of carbonyl (C=O) groups is 1. The van der Waals surface area contributed by atoms with E-state index in [0.717, 1.165) is 49.2 Å². The number of ketones is 1. The Morgan fingerprint density at radius 1 is 1.33 bits per heavy atom. The van der Waals surface area contributed by atoms with Crippen LogP contribution in [0.25, 0.3) is 0 Å². The molecular weight excluding hydrogens is 226 g/mol. The van der Waals surface area contributed by atoms with Crippen molar-refractivity contribution in [2.75, 3.05) is 19.0 Å². The number of carbonyl (C=O) groups excluding carboxylic acids is 1. The number of anilines is 1. The maximum Gasteiger partial charge on any atom is 0.132 e. The van der Waals surface area contributed by atoms with Gasteiger partial charge in [-0.2, -0.15) is 0 Å². The van der Waals surface area contributed by atoms with Gasteiger partial charge >= 0.3 is 0 Å². The average Bonchev–Trinajstić information content (AvgIpc) is 2.38. The van der Waals surface area contributed by atoms with Gasteiger partial charge in [0.05, 0.1) is 7.11 Å². The molecule has 2 rings (SSSR count). The summed E-state index contributed by atoms with van der Waals surface area (Å²) in [5.74, 6) is 1.97. The highest BCUT2D eigenvalue weighted by atomic mass is 16.5. The molecule has 1 aliphatic carbocycles. The number of Topliss-reactive ketones (excluding diaryl/α,β-unsaturated/α-hetero) is 1. The summed E-state index contributed by atoms with van der Waals surface area (Å²) >= 11 is 0. The summed E-state index contributed by atoms with van der Waals surface area (Å²) < 4.78 is 5.24. The van der Waals surface area contributed by atoms with Crippen molar-refractivity contribution in [3.05, 3.63) is 23.8 Å². The molecule has 98 valence electrons. The van der Waals surface area contributed by atoms with Crippen LogP contribution in [0.3, 0.4) is 0 Å². The van der Waals surface area contributed by atoms with E-state index < -0.39 is 0 Å². The number of ether oxygens (including phenoxy) is 1. The van der Waals surface area contributed by atoms with Crippen molar-refractivity contribution in [1.82, 2.24) is 0 Å². The van der Waals surface area contributed by atoms with E-state index in [1.54, 1.807) is 7.11 Å². The first-order valence-electron chi connectivity index (χ1n) is 6.59. The molecule has 0 unspecified atom stereocenters. The van der Waals surface area contributed by atoms with Crippen LogP contribution in [0.1, 0.15) is 31.2 Å². The number of nitrogens with one attached hydrogen (secondary N) is 1. The van der Waals surface area contributed by atoms with E-state index in [9.17, 15) is 4.79 Å². The second-order valence-electron chi connectivity index (χ2n) is 5.05. The molecule has 1 N–H and O–H groups in total. The van der Waals surface area contributed by atoms with Crippen molar-refractivity contribution >= 4 is 11.5 Å². The minimum Gasteiger partial charge on any atom is -0.496 e. The molecule has 18 heavy (non-hydrogen) atoms. The molecule has 0 amide bonds. The Balaban J connectivity index is 1.86. The molecule has 1 aromatic carbocycles. The van der Waals surface area contributed by atoms with Gasteiger partial charge in [-0.15, -0.1) is 0 Å². The number of aryl methyl sites for hydroxylation is 1. The fourth-order valence-corrected chi connectivity index (χ4v) is 2.45. The van der Waals surface area contributed by atoms with Gasteiger partial charge in [0.2, 0.25) is 0 Å². The molecular formula is C15H21NO2. The van der Waals surface area contributed by atoms with Crippen LogP contribution in [0.5, 0.6) is 5.75 Å². The van der Waals surface area contributed by atoms with Crippen LogP contribution in [0.2, 0.25) is 0 Å². The van der Waals surface area contributed by atoms with Crippen LogP contribution in [0, 0.1) is 12.8 Å². The minimum absolute atomic E-state index is 0.423. The molecule has 1 saturated carbocycles. The van der Waals surface area contributed by atoms with Gasteiger partial charge < -0.3 is 10.1 Å². The number of rotatable bonds is 4. The van der Waals surface area contributed by atoms with Crippen LogP contribution in [-0.4, -0.2) is 19.4 Å². The van der Waals surface area contributed by atoms with Gasteiger partial charge in [-0.3, -0.25) is 4.79 Å². The van der Waals surface area contributed by atoms with E-state index in [4.69, 9.17) is 4.74 Å². The van der Waals surface area contributed by atoms with Gasteiger partial charge in [-0.1, -0.05) is 0 Å². The lowest BCUT2D eigenvalue weighted by atomic mass is 9.88. The van der Waals surface area contributed by atoms with Gasteiger partial charge in [0.15, 0.2) is 0 Å². The molecule has 1 fully saturated rings. The summed E-state index contributed by atoms with van der Waals surface area (Å²) in [7, 11) is 1.69. The smallest absolute Gasteiger partial charge is 0.132 e. The summed E-state index contributed by atoms with van der Waals surface area (Å²) in [6.07, 6.45) is 3.57. The van der Waals surface area contributed by atoms with E-state index >= 15 is 0 Å². The Morgan fingerprint density at radius 2 is 2.06 bits per heavy atom. The van der Waals surface area contributed by atoms with Crippen LogP contribution in [-0.2, 0) is 4.79 Å². The highest BCUT2D eigenvalue weighted by Crippen LogP contribution is 2.24. The van der Waals surface area contributed by atoms with Gasteiger partial charge in [0.1, 0.15) is 11.5 Å². The lowest BCUT2D eigenvalue weighted by molar-refractivity contribution is -0.120. The van der Waals surface area contributed by atoms with Gasteiger partial charge in [-0.05, 0) is 49.4 Å². The lowest BCUT2D eigenvalue weighted by Crippen LogP contribution is -2.21. The third kappa shape index (κ3) is 3.25. The largest absolute Gasteiger partial charge is 0.496 e. The average molecular weight is 247 g/mol. The minimum atomic E-state index is 0.423. The maximum atomic E-state index is 11.2. The van der Waals surface area contributed by atoms with Crippen LogP contribution in [0.15, 0.2) is 18.2 Å². The molecule has 3 heteroatoms. The van der Waals surface area contributed by atoms with Crippen LogP contribution < -0.4 is 10.1 Å². The third-order valence-corrected chi connectivity index (χ3v) is 3.65. The maximum absolute atomic E-state index is 11.2. The second-order valence-corrected chi connectivity index (χ2v) is 5.05. The number of hydrogen-bond donors (Lipinski definition) is 1. The van der Waals surface area contributed by atoms with E-state index in [-0.39, 0.29) is 0 Å². The van der Waals surface area contributed by atoms with Crippen molar-refractivity contribution in [3.63, 3.8) is 0 Å². The van der Waals surface area contributed by atoms with Crippen LogP contribution >= 0.6 is 0 Å². The van der Waals surface area contributed by atoms with Crippen molar-refractivity contribution in [2.45, 2.75) is 32.6 Å². The molecule has 0 heterocycles. The topological polar surface area (TPSA) is 38.3 Å². The first-order valence-corrected chi connectivity index (χ1v) is 6.59. The quantitative estimate of drug-likeness (QED) is 0.888. The van der Waals surface area contributed by atoms with Gasteiger partial charge in [-0.25, -0.2) is 0 Å². The molecule has 1 aromatic rings. The zero-order chi connectivity index (χ0) is 13.0. The Kier molecular flexibility index (Phi) is 4.24. The first-order chi connectivity index (χ1) is 8.69. The molecule has 0 aliphatic heterocycles. The first kappa shape index (κ1) is 12.9. The summed E-state index contributed by atoms with van der Waals surface area (Å²) in [5, 5.41) is 3.45. The molecule has 0 radical (unpaired) electrons. The highest BCUT2D eigenvalue weighted by molar-refractivity contribution is 5.79. The molecule has 0 saturated heterocycles. The number of hydrogen-bond acceptors (Lipinski definition) is 3. The van der Waals surface area contributed by atoms with E-state index in [1.807, 2.05) is 19.1 Å². The Labute approximate surface area is 109 Å². The van der Waals surface area contributed by atoms with E-state index in [1.165, 1.54) is 0 Å². The third-order valence-electron chi connectivity index (χ3n) is 3.65. The monoisotopic (exact) mass is 247 g/mol. The van der Waals surface area contributed by atoms with Crippen molar-refractivity contribution in [1.29, 1.82) is 0 Å². The predicted molar refractivity (Wildman–Crippen MR) is 73.2 cm³/mol. The molecule has 0 aromatic heterocycles. The van der Waals surface area contributed by atoms with Crippen molar-refractivity contribution in [2.24, 2.45) is 5.92 Å².